The van der Waals surface area contributed by atoms with Gasteiger partial charge in [-0.1, -0.05) is 196 Å². The Morgan fingerprint density at radius 2 is 0.732 bits per heavy atom. The highest BCUT2D eigenvalue weighted by molar-refractivity contribution is 5.65. The zero-order valence-electron chi connectivity index (χ0n) is 33.8. The lowest BCUT2D eigenvalue weighted by Crippen LogP contribution is -2.14. The predicted octanol–water partition coefficient (Wildman–Crippen LogP) is 16.3. The fourth-order valence-corrected chi connectivity index (χ4v) is 10.1. The molecule has 0 N–H and O–H groups in total. The van der Waals surface area contributed by atoms with Crippen LogP contribution >= 0.6 is 0 Å². The fourth-order valence-electron chi connectivity index (χ4n) is 10.1. The first-order chi connectivity index (χ1) is 27.7. The van der Waals surface area contributed by atoms with Gasteiger partial charge in [0.15, 0.2) is 0 Å². The lowest BCUT2D eigenvalue weighted by Gasteiger charge is -2.27. The molecule has 0 nitrogen and oxygen atoms in total. The maximum atomic E-state index is 3.84. The number of allylic oxidation sites excluding steroid dienone is 6. The van der Waals surface area contributed by atoms with Crippen molar-refractivity contribution >= 4 is 24.3 Å². The summed E-state index contributed by atoms with van der Waals surface area (Å²) < 4.78 is 0. The van der Waals surface area contributed by atoms with Crippen LogP contribution in [0.25, 0.3) is 24.3 Å². The van der Waals surface area contributed by atoms with E-state index in [9.17, 15) is 0 Å². The van der Waals surface area contributed by atoms with Gasteiger partial charge in [0.2, 0.25) is 0 Å². The second-order valence-electron chi connectivity index (χ2n) is 16.8. The van der Waals surface area contributed by atoms with Crippen molar-refractivity contribution < 1.29 is 0 Å². The van der Waals surface area contributed by atoms with Crippen molar-refractivity contribution in [2.75, 3.05) is 0 Å². The molecule has 4 aromatic rings. The highest BCUT2D eigenvalue weighted by Gasteiger charge is 2.31. The van der Waals surface area contributed by atoms with Gasteiger partial charge in [-0.3, -0.25) is 0 Å². The van der Waals surface area contributed by atoms with Crippen LogP contribution in [0.2, 0.25) is 0 Å². The van der Waals surface area contributed by atoms with E-state index in [1.165, 1.54) is 122 Å². The molecule has 56 heavy (non-hydrogen) atoms. The Morgan fingerprint density at radius 3 is 1.14 bits per heavy atom. The van der Waals surface area contributed by atoms with E-state index in [4.69, 9.17) is 0 Å². The van der Waals surface area contributed by atoms with E-state index in [0.29, 0.717) is 35.5 Å². The molecule has 0 heterocycles. The van der Waals surface area contributed by atoms with Crippen molar-refractivity contribution in [1.29, 1.82) is 0 Å². The molecule has 0 spiro atoms. The molecule has 0 bridgehead atoms. The van der Waals surface area contributed by atoms with Gasteiger partial charge in [0.25, 0.3) is 0 Å². The number of hydrogen-bond donors (Lipinski definition) is 0. The lowest BCUT2D eigenvalue weighted by atomic mass is 9.77. The first-order valence-electron chi connectivity index (χ1n) is 22.0. The zero-order chi connectivity index (χ0) is 38.4. The Balaban J connectivity index is 0.000000172. The van der Waals surface area contributed by atoms with Crippen molar-refractivity contribution in [3.8, 4) is 0 Å². The summed E-state index contributed by atoms with van der Waals surface area (Å²) in [5.41, 5.74) is 11.8. The van der Waals surface area contributed by atoms with E-state index >= 15 is 0 Å². The first kappa shape index (κ1) is 39.6. The standard InChI is InChI=1S/2C28H32/c2*1-2-3-4-5-6-7-14-24(28-20-19-23-13-9-11-16-27(23)28)21-25-18-17-22-12-8-10-15-26(22)25/h2*2,8-13,15-20,24-25,28H,1,3-7,14,21H2. The van der Waals surface area contributed by atoms with E-state index in [0.717, 1.165) is 12.8 Å². The minimum absolute atomic E-state index is 0.572. The number of fused-ring (bicyclic) bond motifs is 4. The second kappa shape index (κ2) is 20.5. The summed E-state index contributed by atoms with van der Waals surface area (Å²) in [4.78, 5) is 0. The molecule has 0 radical (unpaired) electrons. The van der Waals surface area contributed by atoms with E-state index in [1.807, 2.05) is 12.2 Å². The second-order valence-corrected chi connectivity index (χ2v) is 16.8. The van der Waals surface area contributed by atoms with E-state index in [2.05, 4.69) is 159 Å². The minimum Gasteiger partial charge on any atom is -0.103 e. The van der Waals surface area contributed by atoms with Gasteiger partial charge < -0.3 is 0 Å². The highest BCUT2D eigenvalue weighted by Crippen LogP contribution is 2.46. The zero-order valence-corrected chi connectivity index (χ0v) is 33.8. The average molecular weight is 737 g/mol. The van der Waals surface area contributed by atoms with E-state index in [1.54, 1.807) is 0 Å². The number of rotatable bonds is 20. The molecule has 0 aliphatic heterocycles. The molecule has 0 saturated carbocycles. The third kappa shape index (κ3) is 10.00. The monoisotopic (exact) mass is 737 g/mol. The summed E-state index contributed by atoms with van der Waals surface area (Å²) in [5, 5.41) is 0. The van der Waals surface area contributed by atoms with Gasteiger partial charge >= 0.3 is 0 Å². The van der Waals surface area contributed by atoms with Crippen LogP contribution in [0, 0.1) is 11.8 Å². The van der Waals surface area contributed by atoms with Gasteiger partial charge in [-0.05, 0) is 108 Å². The Bertz CT molecular complexity index is 1850. The van der Waals surface area contributed by atoms with Crippen LogP contribution < -0.4 is 0 Å². The van der Waals surface area contributed by atoms with Gasteiger partial charge in [0.1, 0.15) is 0 Å². The molecular formula is C56H64. The van der Waals surface area contributed by atoms with Gasteiger partial charge in [0.05, 0.1) is 0 Å². The van der Waals surface area contributed by atoms with Gasteiger partial charge in [-0.15, -0.1) is 13.2 Å². The van der Waals surface area contributed by atoms with Crippen molar-refractivity contribution in [2.24, 2.45) is 11.8 Å². The molecule has 0 heteroatoms. The Labute approximate surface area is 339 Å². The smallest absolute Gasteiger partial charge is 0.00558 e. The molecule has 4 aromatic carbocycles. The summed E-state index contributed by atoms with van der Waals surface area (Å²) in [7, 11) is 0. The molecule has 4 aliphatic rings. The number of hydrogen-bond acceptors (Lipinski definition) is 0. The summed E-state index contributed by atoms with van der Waals surface area (Å²) in [6, 6.07) is 35.8. The molecule has 0 aromatic heterocycles. The third-order valence-electron chi connectivity index (χ3n) is 13.1. The number of benzene rings is 4. The SMILES string of the molecule is C=CCCCCCCC(CC1C=Cc2ccccc21)C1C=Cc2ccccc21.C=CCCCCCCC(CC1C=Cc2ccccc21)C1C=Cc2ccccc21. The fraction of sp³-hybridized carbons (Fsp3) is 0.357. The lowest BCUT2D eigenvalue weighted by molar-refractivity contribution is 0.381. The van der Waals surface area contributed by atoms with Crippen molar-refractivity contribution in [3.05, 3.63) is 191 Å². The van der Waals surface area contributed by atoms with E-state index in [-0.39, 0.29) is 0 Å². The molecule has 0 saturated heterocycles. The summed E-state index contributed by atoms with van der Waals surface area (Å²) >= 11 is 0. The quantitative estimate of drug-likeness (QED) is 0.0626. The van der Waals surface area contributed by atoms with Crippen molar-refractivity contribution in [1.82, 2.24) is 0 Å². The van der Waals surface area contributed by atoms with Crippen LogP contribution in [-0.2, 0) is 0 Å². The Hall–Kier alpha value is -4.68. The normalized spacial score (nSPS) is 20.1. The summed E-state index contributed by atoms with van der Waals surface area (Å²) in [6.07, 6.45) is 41.3. The average Bonchev–Trinajstić information content (AvgIpc) is 4.05. The van der Waals surface area contributed by atoms with Crippen LogP contribution in [0.3, 0.4) is 0 Å². The molecule has 288 valence electrons. The van der Waals surface area contributed by atoms with Crippen LogP contribution in [0.5, 0.6) is 0 Å². The molecule has 0 fully saturated rings. The topological polar surface area (TPSA) is 0 Å². The van der Waals surface area contributed by atoms with Crippen LogP contribution in [-0.4, -0.2) is 0 Å². The van der Waals surface area contributed by atoms with Gasteiger partial charge in [-0.25, -0.2) is 0 Å². The Morgan fingerprint density at radius 1 is 0.393 bits per heavy atom. The number of unbranched alkanes of at least 4 members (excludes halogenated alkanes) is 8. The van der Waals surface area contributed by atoms with Crippen molar-refractivity contribution in [3.63, 3.8) is 0 Å². The first-order valence-corrected chi connectivity index (χ1v) is 22.0. The van der Waals surface area contributed by atoms with Crippen LogP contribution in [0.15, 0.2) is 147 Å². The maximum absolute atomic E-state index is 3.84. The predicted molar refractivity (Wildman–Crippen MR) is 245 cm³/mol. The largest absolute Gasteiger partial charge is 0.103 e. The summed E-state index contributed by atoms with van der Waals surface area (Å²) in [6.45, 7) is 7.68. The van der Waals surface area contributed by atoms with Gasteiger partial charge in [0, 0.05) is 23.7 Å². The maximum Gasteiger partial charge on any atom is 0.00558 e. The molecule has 0 amide bonds. The highest BCUT2D eigenvalue weighted by atomic mass is 14.3. The Kier molecular flexibility index (Phi) is 14.5. The van der Waals surface area contributed by atoms with Gasteiger partial charge in [-0.2, -0.15) is 0 Å². The third-order valence-corrected chi connectivity index (χ3v) is 13.1. The molecule has 8 rings (SSSR count). The molecule has 4 aliphatic carbocycles. The van der Waals surface area contributed by atoms with Crippen LogP contribution in [0.4, 0.5) is 0 Å². The molecule has 6 atom stereocenters. The van der Waals surface area contributed by atoms with E-state index < -0.39 is 0 Å². The molecule has 6 unspecified atom stereocenters. The molecular weight excluding hydrogens is 673 g/mol. The van der Waals surface area contributed by atoms with Crippen molar-refractivity contribution in [2.45, 2.75) is 114 Å². The minimum atomic E-state index is 0.572. The summed E-state index contributed by atoms with van der Waals surface area (Å²) in [5.74, 6) is 3.71. The van der Waals surface area contributed by atoms with Crippen LogP contribution in [0.1, 0.15) is 158 Å².